The van der Waals surface area contributed by atoms with E-state index in [0.29, 0.717) is 6.54 Å². The van der Waals surface area contributed by atoms with Gasteiger partial charge >= 0.3 is 0 Å². The maximum Gasteiger partial charge on any atom is 0.123 e. The zero-order valence-electron chi connectivity index (χ0n) is 13.2. The van der Waals surface area contributed by atoms with Crippen LogP contribution < -0.4 is 10.6 Å². The predicted molar refractivity (Wildman–Crippen MR) is 86.4 cm³/mol. The first-order valence-electron chi connectivity index (χ1n) is 7.70. The minimum absolute atomic E-state index is 0.174. The molecule has 0 atom stereocenters. The van der Waals surface area contributed by atoms with Gasteiger partial charge in [-0.3, -0.25) is 4.90 Å². The topological polar surface area (TPSA) is 35.7 Å². The van der Waals surface area contributed by atoms with Gasteiger partial charge in [-0.25, -0.2) is 4.39 Å². The van der Waals surface area contributed by atoms with E-state index >= 15 is 0 Å². The monoisotopic (exact) mass is 294 g/mol. The Kier molecular flexibility index (Phi) is 5.96. The molecule has 0 unspecified atom stereocenters. The molecular weight excluding hydrogens is 267 g/mol. The number of benzene rings is 1. The van der Waals surface area contributed by atoms with Crippen molar-refractivity contribution in [2.24, 2.45) is 5.73 Å². The van der Waals surface area contributed by atoms with E-state index in [4.69, 9.17) is 5.73 Å². The third-order valence-corrected chi connectivity index (χ3v) is 4.03. The Bertz CT molecular complexity index is 442. The second-order valence-corrected chi connectivity index (χ2v) is 5.94. The highest BCUT2D eigenvalue weighted by Crippen LogP contribution is 2.23. The quantitative estimate of drug-likeness (QED) is 0.849. The van der Waals surface area contributed by atoms with Crippen molar-refractivity contribution >= 4 is 5.69 Å². The summed E-state index contributed by atoms with van der Waals surface area (Å²) in [6.07, 6.45) is 0.730. The summed E-state index contributed by atoms with van der Waals surface area (Å²) in [6, 6.07) is 5.07. The molecule has 2 rings (SSSR count). The van der Waals surface area contributed by atoms with E-state index in [1.165, 1.54) is 0 Å². The SMILES string of the molecule is CN(C)CCN1CCN(c2ccc(F)cc2CCN)CC1. The molecule has 1 saturated heterocycles. The number of rotatable bonds is 6. The number of piperazine rings is 1. The molecule has 1 aliphatic rings. The van der Waals surface area contributed by atoms with E-state index in [1.807, 2.05) is 6.07 Å². The van der Waals surface area contributed by atoms with Gasteiger partial charge in [-0.05, 0) is 50.8 Å². The number of anilines is 1. The molecule has 0 aromatic heterocycles. The average molecular weight is 294 g/mol. The van der Waals surface area contributed by atoms with Gasteiger partial charge < -0.3 is 15.5 Å². The Hall–Kier alpha value is -1.17. The van der Waals surface area contributed by atoms with E-state index < -0.39 is 0 Å². The average Bonchev–Trinajstić information content (AvgIpc) is 2.46. The summed E-state index contributed by atoms with van der Waals surface area (Å²) in [7, 11) is 4.21. The van der Waals surface area contributed by atoms with Gasteiger partial charge in [-0.1, -0.05) is 0 Å². The lowest BCUT2D eigenvalue weighted by Crippen LogP contribution is -2.48. The molecule has 1 aliphatic heterocycles. The summed E-state index contributed by atoms with van der Waals surface area (Å²) in [5.41, 5.74) is 7.82. The third kappa shape index (κ3) is 4.66. The molecule has 1 heterocycles. The van der Waals surface area contributed by atoms with Gasteiger partial charge in [0.25, 0.3) is 0 Å². The van der Waals surface area contributed by atoms with Gasteiger partial charge in [0.15, 0.2) is 0 Å². The molecule has 21 heavy (non-hydrogen) atoms. The fraction of sp³-hybridized carbons (Fsp3) is 0.625. The maximum absolute atomic E-state index is 13.4. The number of nitrogens with zero attached hydrogens (tertiary/aromatic N) is 3. The standard InChI is InChI=1S/C16H27FN4/c1-19(2)7-8-20-9-11-21(12-10-20)16-4-3-15(17)13-14(16)5-6-18/h3-4,13H,5-12,18H2,1-2H3. The molecule has 0 saturated carbocycles. The van der Waals surface area contributed by atoms with E-state index in [-0.39, 0.29) is 5.82 Å². The Labute approximate surface area is 127 Å². The lowest BCUT2D eigenvalue weighted by Gasteiger charge is -2.37. The van der Waals surface area contributed by atoms with E-state index in [2.05, 4.69) is 28.8 Å². The minimum atomic E-state index is -0.174. The van der Waals surface area contributed by atoms with E-state index in [9.17, 15) is 4.39 Å². The van der Waals surface area contributed by atoms with Gasteiger partial charge in [-0.2, -0.15) is 0 Å². The van der Waals surface area contributed by atoms with Crippen LogP contribution in [0.2, 0.25) is 0 Å². The maximum atomic E-state index is 13.4. The minimum Gasteiger partial charge on any atom is -0.369 e. The molecule has 4 nitrogen and oxygen atoms in total. The van der Waals surface area contributed by atoms with Crippen LogP contribution in [0.15, 0.2) is 18.2 Å². The fourth-order valence-electron chi connectivity index (χ4n) is 2.77. The molecule has 0 bridgehead atoms. The van der Waals surface area contributed by atoms with Crippen molar-refractivity contribution in [2.45, 2.75) is 6.42 Å². The van der Waals surface area contributed by atoms with Crippen LogP contribution in [0.3, 0.4) is 0 Å². The summed E-state index contributed by atoms with van der Waals surface area (Å²) >= 11 is 0. The van der Waals surface area contributed by atoms with Gasteiger partial charge in [0.05, 0.1) is 0 Å². The molecule has 118 valence electrons. The third-order valence-electron chi connectivity index (χ3n) is 4.03. The van der Waals surface area contributed by atoms with E-state index in [0.717, 1.165) is 56.9 Å². The van der Waals surface area contributed by atoms with Crippen molar-refractivity contribution in [3.05, 3.63) is 29.6 Å². The Balaban J connectivity index is 1.95. The van der Waals surface area contributed by atoms with Crippen LogP contribution in [-0.4, -0.2) is 69.7 Å². The summed E-state index contributed by atoms with van der Waals surface area (Å²) < 4.78 is 13.4. The number of hydrogen-bond donors (Lipinski definition) is 1. The fourth-order valence-corrected chi connectivity index (χ4v) is 2.77. The molecule has 1 fully saturated rings. The zero-order valence-corrected chi connectivity index (χ0v) is 13.2. The van der Waals surface area contributed by atoms with Crippen LogP contribution in [0.1, 0.15) is 5.56 Å². The highest BCUT2D eigenvalue weighted by atomic mass is 19.1. The molecule has 0 aliphatic carbocycles. The van der Waals surface area contributed by atoms with Gasteiger partial charge in [0.1, 0.15) is 5.82 Å². The lowest BCUT2D eigenvalue weighted by atomic mass is 10.1. The second-order valence-electron chi connectivity index (χ2n) is 5.94. The molecular formula is C16H27FN4. The predicted octanol–water partition coefficient (Wildman–Crippen LogP) is 1.01. The summed E-state index contributed by atoms with van der Waals surface area (Å²) in [6.45, 7) is 6.88. The van der Waals surface area contributed by atoms with Crippen LogP contribution >= 0.6 is 0 Å². The van der Waals surface area contributed by atoms with Crippen LogP contribution in [0.5, 0.6) is 0 Å². The summed E-state index contributed by atoms with van der Waals surface area (Å²) in [5.74, 6) is -0.174. The van der Waals surface area contributed by atoms with Crippen molar-refractivity contribution < 1.29 is 4.39 Å². The van der Waals surface area contributed by atoms with Crippen molar-refractivity contribution in [2.75, 3.05) is 64.8 Å². The number of nitrogens with two attached hydrogens (primary N) is 1. The van der Waals surface area contributed by atoms with Crippen LogP contribution in [0.25, 0.3) is 0 Å². The first kappa shape index (κ1) is 16.2. The molecule has 0 amide bonds. The number of likely N-dealkylation sites (N-methyl/N-ethyl adjacent to an activating group) is 1. The summed E-state index contributed by atoms with van der Waals surface area (Å²) in [5, 5.41) is 0. The highest BCUT2D eigenvalue weighted by Gasteiger charge is 2.19. The molecule has 5 heteroatoms. The molecule has 2 N–H and O–H groups in total. The van der Waals surface area contributed by atoms with E-state index in [1.54, 1.807) is 12.1 Å². The zero-order chi connectivity index (χ0) is 15.2. The van der Waals surface area contributed by atoms with Crippen molar-refractivity contribution in [3.63, 3.8) is 0 Å². The molecule has 0 spiro atoms. The highest BCUT2D eigenvalue weighted by molar-refractivity contribution is 5.54. The first-order chi connectivity index (χ1) is 10.1. The molecule has 1 aromatic rings. The Morgan fingerprint density at radius 3 is 2.52 bits per heavy atom. The number of halogens is 1. The molecule has 0 radical (unpaired) electrons. The van der Waals surface area contributed by atoms with Gasteiger partial charge in [0, 0.05) is 45.0 Å². The Morgan fingerprint density at radius 2 is 1.90 bits per heavy atom. The second kappa shape index (κ2) is 7.73. The first-order valence-corrected chi connectivity index (χ1v) is 7.70. The van der Waals surface area contributed by atoms with Gasteiger partial charge in [-0.15, -0.1) is 0 Å². The number of hydrogen-bond acceptors (Lipinski definition) is 4. The molecule has 1 aromatic carbocycles. The summed E-state index contributed by atoms with van der Waals surface area (Å²) in [4.78, 5) is 7.06. The largest absolute Gasteiger partial charge is 0.369 e. The van der Waals surface area contributed by atoms with Crippen LogP contribution in [0.4, 0.5) is 10.1 Å². The van der Waals surface area contributed by atoms with Crippen molar-refractivity contribution in [1.29, 1.82) is 0 Å². The smallest absolute Gasteiger partial charge is 0.123 e. The Morgan fingerprint density at radius 1 is 1.19 bits per heavy atom. The van der Waals surface area contributed by atoms with Crippen molar-refractivity contribution in [1.82, 2.24) is 9.80 Å². The van der Waals surface area contributed by atoms with Crippen LogP contribution in [-0.2, 0) is 6.42 Å². The van der Waals surface area contributed by atoms with Gasteiger partial charge in [0.2, 0.25) is 0 Å². The lowest BCUT2D eigenvalue weighted by molar-refractivity contribution is 0.229. The van der Waals surface area contributed by atoms with Crippen molar-refractivity contribution in [3.8, 4) is 0 Å². The normalized spacial score (nSPS) is 16.7. The van der Waals surface area contributed by atoms with Crippen LogP contribution in [0, 0.1) is 5.82 Å².